The molecule has 1 aliphatic rings. The fourth-order valence-corrected chi connectivity index (χ4v) is 2.91. The third-order valence-corrected chi connectivity index (χ3v) is 3.89. The number of aliphatic hydroxyl groups is 1. The average molecular weight is 162 g/mol. The molecule has 1 heterocycles. The van der Waals surface area contributed by atoms with E-state index in [2.05, 4.69) is 0 Å². The maximum absolute atomic E-state index is 8.55. The van der Waals surface area contributed by atoms with Crippen LogP contribution in [-0.4, -0.2) is 24.1 Å². The first kappa shape index (κ1) is 4.48. The van der Waals surface area contributed by atoms with Crippen LogP contribution in [0.4, 0.5) is 0 Å². The Balaban J connectivity index is 2.61. The SMILES string of the molecule is OC1=CC=[As]S1. The first-order chi connectivity index (χ1) is 2.89. The van der Waals surface area contributed by atoms with Crippen LogP contribution in [0.1, 0.15) is 0 Å². The summed E-state index contributed by atoms with van der Waals surface area (Å²) < 4.78 is 0. The Bertz CT molecular complexity index is 107. The van der Waals surface area contributed by atoms with Crippen molar-refractivity contribution in [2.75, 3.05) is 0 Å². The number of allylic oxidation sites excluding steroid dienone is 1. The van der Waals surface area contributed by atoms with Gasteiger partial charge in [0.2, 0.25) is 0 Å². The fourth-order valence-electron chi connectivity index (χ4n) is 0.209. The van der Waals surface area contributed by atoms with Gasteiger partial charge < -0.3 is 0 Å². The Kier molecular flexibility index (Phi) is 1.38. The second-order valence-corrected chi connectivity index (χ2v) is 4.76. The van der Waals surface area contributed by atoms with Crippen LogP contribution >= 0.6 is 10.0 Å². The Morgan fingerprint density at radius 3 is 2.83 bits per heavy atom. The van der Waals surface area contributed by atoms with Gasteiger partial charge in [-0.05, 0) is 0 Å². The molecule has 0 spiro atoms. The zero-order valence-electron chi connectivity index (χ0n) is 2.96. The summed E-state index contributed by atoms with van der Waals surface area (Å²) in [4.78, 5) is 2.02. The third kappa shape index (κ3) is 0.888. The minimum absolute atomic E-state index is 0.267. The van der Waals surface area contributed by atoms with Crippen molar-refractivity contribution in [1.82, 2.24) is 0 Å². The van der Waals surface area contributed by atoms with Crippen molar-refractivity contribution in [3.8, 4) is 0 Å². The molecule has 0 amide bonds. The second-order valence-electron chi connectivity index (χ2n) is 0.851. The Labute approximate surface area is 45.6 Å². The summed E-state index contributed by atoms with van der Waals surface area (Å²) in [5, 5.41) is 9.03. The molecule has 1 nitrogen and oxygen atoms in total. The third-order valence-electron chi connectivity index (χ3n) is 0.424. The van der Waals surface area contributed by atoms with Gasteiger partial charge in [-0.3, -0.25) is 0 Å². The molecule has 0 saturated carbocycles. The van der Waals surface area contributed by atoms with Crippen molar-refractivity contribution in [3.05, 3.63) is 11.2 Å². The Morgan fingerprint density at radius 2 is 2.67 bits per heavy atom. The summed E-state index contributed by atoms with van der Waals surface area (Å²) in [6, 6.07) is 0. The van der Waals surface area contributed by atoms with E-state index in [1.165, 1.54) is 0 Å². The zero-order valence-corrected chi connectivity index (χ0v) is 5.65. The van der Waals surface area contributed by atoms with Gasteiger partial charge in [-0.25, -0.2) is 0 Å². The summed E-state index contributed by atoms with van der Waals surface area (Å²) >= 11 is 0.267. The van der Waals surface area contributed by atoms with Gasteiger partial charge in [-0.2, -0.15) is 0 Å². The van der Waals surface area contributed by atoms with Crippen molar-refractivity contribution in [2.24, 2.45) is 0 Å². The number of aliphatic hydroxyl groups excluding tert-OH is 1. The summed E-state index contributed by atoms with van der Waals surface area (Å²) in [6.07, 6.45) is 1.75. The van der Waals surface area contributed by atoms with Gasteiger partial charge in [0.05, 0.1) is 0 Å². The first-order valence-electron chi connectivity index (χ1n) is 1.49. The van der Waals surface area contributed by atoms with E-state index in [1.54, 1.807) is 16.1 Å². The molecule has 0 aromatic carbocycles. The number of rotatable bonds is 0. The van der Waals surface area contributed by atoms with Crippen LogP contribution in [0.2, 0.25) is 0 Å². The van der Waals surface area contributed by atoms with E-state index in [1.807, 2.05) is 4.81 Å². The van der Waals surface area contributed by atoms with Crippen molar-refractivity contribution >= 4 is 29.0 Å². The van der Waals surface area contributed by atoms with E-state index >= 15 is 0 Å². The molecular weight excluding hydrogens is 159 g/mol. The van der Waals surface area contributed by atoms with E-state index in [-0.39, 0.29) is 14.2 Å². The van der Waals surface area contributed by atoms with Crippen molar-refractivity contribution in [1.29, 1.82) is 0 Å². The Morgan fingerprint density at radius 1 is 1.83 bits per heavy atom. The number of hydrogen-bond acceptors (Lipinski definition) is 2. The molecule has 0 bridgehead atoms. The van der Waals surface area contributed by atoms with Crippen LogP contribution in [0.25, 0.3) is 0 Å². The van der Waals surface area contributed by atoms with Gasteiger partial charge >= 0.3 is 45.3 Å². The topological polar surface area (TPSA) is 20.2 Å². The molecular formula is C3H3AsOS. The molecule has 1 N–H and O–H groups in total. The monoisotopic (exact) mass is 162 g/mol. The van der Waals surface area contributed by atoms with Crippen LogP contribution in [0.15, 0.2) is 11.2 Å². The molecule has 0 atom stereocenters. The van der Waals surface area contributed by atoms with Crippen LogP contribution < -0.4 is 0 Å². The quantitative estimate of drug-likeness (QED) is 0.525. The molecule has 0 unspecified atom stereocenters. The molecule has 6 heavy (non-hydrogen) atoms. The van der Waals surface area contributed by atoms with Gasteiger partial charge in [-0.15, -0.1) is 0 Å². The van der Waals surface area contributed by atoms with E-state index < -0.39 is 0 Å². The molecule has 0 radical (unpaired) electrons. The minimum atomic E-state index is 0.267. The van der Waals surface area contributed by atoms with Crippen LogP contribution in [0.3, 0.4) is 0 Å². The first-order valence-corrected chi connectivity index (χ1v) is 5.65. The molecule has 0 aliphatic carbocycles. The summed E-state index contributed by atoms with van der Waals surface area (Å²) in [5.74, 6) is 0. The van der Waals surface area contributed by atoms with Gasteiger partial charge in [0.25, 0.3) is 0 Å². The predicted molar refractivity (Wildman–Crippen MR) is 30.1 cm³/mol. The average Bonchev–Trinajstić information content (AvgIpc) is 1.86. The summed E-state index contributed by atoms with van der Waals surface area (Å²) in [5.41, 5.74) is 0. The van der Waals surface area contributed by atoms with Gasteiger partial charge in [-0.1, -0.05) is 0 Å². The van der Waals surface area contributed by atoms with Crippen LogP contribution in [0.5, 0.6) is 0 Å². The van der Waals surface area contributed by atoms with E-state index in [9.17, 15) is 0 Å². The molecule has 0 fully saturated rings. The summed E-state index contributed by atoms with van der Waals surface area (Å²) in [7, 11) is 1.55. The van der Waals surface area contributed by atoms with Gasteiger partial charge in [0, 0.05) is 0 Å². The van der Waals surface area contributed by atoms with E-state index in [0.717, 1.165) is 0 Å². The van der Waals surface area contributed by atoms with Crippen molar-refractivity contribution in [3.63, 3.8) is 0 Å². The second kappa shape index (κ2) is 1.85. The molecule has 1 aliphatic heterocycles. The molecule has 0 aromatic rings. The van der Waals surface area contributed by atoms with Crippen LogP contribution in [0, 0.1) is 0 Å². The van der Waals surface area contributed by atoms with E-state index in [4.69, 9.17) is 5.11 Å². The molecule has 32 valence electrons. The zero-order chi connectivity index (χ0) is 4.41. The van der Waals surface area contributed by atoms with Crippen LogP contribution in [-0.2, 0) is 0 Å². The molecule has 0 saturated heterocycles. The van der Waals surface area contributed by atoms with Gasteiger partial charge in [0.1, 0.15) is 0 Å². The standard InChI is InChI=1S/C3H3AsOS/c5-3-1-2-4-6-3/h1-2,5H. The molecule has 0 aromatic heterocycles. The predicted octanol–water partition coefficient (Wildman–Crippen LogP) is 0.554. The van der Waals surface area contributed by atoms with E-state index in [0.29, 0.717) is 5.09 Å². The number of hydrogen-bond donors (Lipinski definition) is 1. The van der Waals surface area contributed by atoms with Crippen molar-refractivity contribution in [2.45, 2.75) is 0 Å². The molecule has 1 rings (SSSR count). The van der Waals surface area contributed by atoms with Gasteiger partial charge in [0.15, 0.2) is 0 Å². The molecule has 3 heteroatoms. The summed E-state index contributed by atoms with van der Waals surface area (Å²) in [6.45, 7) is 0. The fraction of sp³-hybridized carbons (Fsp3) is 0. The normalized spacial score (nSPS) is 21.0. The van der Waals surface area contributed by atoms with Crippen molar-refractivity contribution < 1.29 is 5.11 Å². The maximum atomic E-state index is 8.55. The Hall–Kier alpha value is 0.318.